The molecule has 0 radical (unpaired) electrons. The summed E-state index contributed by atoms with van der Waals surface area (Å²) in [5.41, 5.74) is 1.69. The molecular formula is C16H18N4O. The van der Waals surface area contributed by atoms with Crippen LogP contribution in [0, 0.1) is 0 Å². The lowest BCUT2D eigenvalue weighted by molar-refractivity contribution is 0.0957. The van der Waals surface area contributed by atoms with E-state index in [1.807, 2.05) is 18.2 Å². The highest BCUT2D eigenvalue weighted by atomic mass is 16.1. The third-order valence-corrected chi connectivity index (χ3v) is 2.86. The van der Waals surface area contributed by atoms with Crippen LogP contribution in [0.2, 0.25) is 0 Å². The predicted octanol–water partition coefficient (Wildman–Crippen LogP) is 2.05. The molecule has 0 unspecified atom stereocenters. The Balaban J connectivity index is 1.82. The third-order valence-electron chi connectivity index (χ3n) is 2.86. The van der Waals surface area contributed by atoms with Crippen LogP contribution in [0.5, 0.6) is 0 Å². The molecule has 0 saturated carbocycles. The molecule has 5 nitrogen and oxygen atoms in total. The molecule has 1 aromatic heterocycles. The summed E-state index contributed by atoms with van der Waals surface area (Å²) in [6.45, 7) is 4.71. The molecule has 108 valence electrons. The van der Waals surface area contributed by atoms with Gasteiger partial charge < -0.3 is 10.6 Å². The minimum Gasteiger partial charge on any atom is -0.354 e. The first-order chi connectivity index (χ1) is 10.3. The van der Waals surface area contributed by atoms with Gasteiger partial charge in [-0.2, -0.15) is 0 Å². The van der Waals surface area contributed by atoms with Gasteiger partial charge in [0.1, 0.15) is 0 Å². The second-order valence-electron chi connectivity index (χ2n) is 4.46. The fraction of sp³-hybridized carbons (Fsp3) is 0.188. The van der Waals surface area contributed by atoms with Crippen molar-refractivity contribution in [3.8, 4) is 0 Å². The van der Waals surface area contributed by atoms with Gasteiger partial charge in [-0.25, -0.2) is 9.97 Å². The maximum atomic E-state index is 11.7. The van der Waals surface area contributed by atoms with Crippen molar-refractivity contribution < 1.29 is 4.79 Å². The Kier molecular flexibility index (Phi) is 5.46. The van der Waals surface area contributed by atoms with Gasteiger partial charge in [0.05, 0.1) is 5.56 Å². The molecule has 1 amide bonds. The number of hydrogen-bond acceptors (Lipinski definition) is 4. The summed E-state index contributed by atoms with van der Waals surface area (Å²) in [4.78, 5) is 19.9. The number of aromatic nitrogens is 2. The maximum Gasteiger partial charge on any atom is 0.254 e. The normalized spacial score (nSPS) is 9.90. The number of hydrogen-bond donors (Lipinski definition) is 2. The van der Waals surface area contributed by atoms with Gasteiger partial charge in [0.2, 0.25) is 5.95 Å². The lowest BCUT2D eigenvalue weighted by Gasteiger charge is -2.06. The van der Waals surface area contributed by atoms with E-state index in [0.29, 0.717) is 18.1 Å². The van der Waals surface area contributed by atoms with Crippen LogP contribution in [0.3, 0.4) is 0 Å². The molecule has 1 heterocycles. The fourth-order valence-corrected chi connectivity index (χ4v) is 1.77. The second-order valence-corrected chi connectivity index (χ2v) is 4.46. The SMILES string of the molecule is C=CCNC(=O)c1cnc(NCCc2ccccc2)nc1. The Morgan fingerprint density at radius 3 is 2.57 bits per heavy atom. The van der Waals surface area contributed by atoms with Gasteiger partial charge in [-0.1, -0.05) is 36.4 Å². The maximum absolute atomic E-state index is 11.7. The average molecular weight is 282 g/mol. The number of nitrogens with zero attached hydrogens (tertiary/aromatic N) is 2. The van der Waals surface area contributed by atoms with E-state index in [0.717, 1.165) is 13.0 Å². The first-order valence-electron chi connectivity index (χ1n) is 6.78. The molecule has 0 aliphatic rings. The summed E-state index contributed by atoms with van der Waals surface area (Å²) < 4.78 is 0. The third kappa shape index (κ3) is 4.72. The standard InChI is InChI=1S/C16H18N4O/c1-2-9-17-15(21)14-11-19-16(20-12-14)18-10-8-13-6-4-3-5-7-13/h2-7,11-12H,1,8-10H2,(H,17,21)(H,18,19,20). The molecule has 0 atom stereocenters. The number of benzene rings is 1. The number of carbonyl (C=O) groups is 1. The van der Waals surface area contributed by atoms with Crippen LogP contribution in [0.1, 0.15) is 15.9 Å². The number of amides is 1. The van der Waals surface area contributed by atoms with Crippen molar-refractivity contribution in [1.82, 2.24) is 15.3 Å². The molecule has 5 heteroatoms. The molecule has 2 N–H and O–H groups in total. The Morgan fingerprint density at radius 1 is 1.19 bits per heavy atom. The molecule has 0 saturated heterocycles. The Bertz CT molecular complexity index is 581. The van der Waals surface area contributed by atoms with Crippen molar-refractivity contribution in [3.63, 3.8) is 0 Å². The van der Waals surface area contributed by atoms with Gasteiger partial charge in [0, 0.05) is 25.5 Å². The monoisotopic (exact) mass is 282 g/mol. The van der Waals surface area contributed by atoms with E-state index in [4.69, 9.17) is 0 Å². The van der Waals surface area contributed by atoms with Crippen LogP contribution >= 0.6 is 0 Å². The van der Waals surface area contributed by atoms with Crippen molar-refractivity contribution in [3.05, 3.63) is 66.5 Å². The molecule has 21 heavy (non-hydrogen) atoms. The topological polar surface area (TPSA) is 66.9 Å². The van der Waals surface area contributed by atoms with E-state index in [1.54, 1.807) is 6.08 Å². The molecule has 2 aromatic rings. The van der Waals surface area contributed by atoms with Crippen molar-refractivity contribution >= 4 is 11.9 Å². The van der Waals surface area contributed by atoms with Crippen LogP contribution < -0.4 is 10.6 Å². The Morgan fingerprint density at radius 2 is 1.90 bits per heavy atom. The lowest BCUT2D eigenvalue weighted by Crippen LogP contribution is -2.23. The number of nitrogens with one attached hydrogen (secondary N) is 2. The van der Waals surface area contributed by atoms with Gasteiger partial charge in [-0.3, -0.25) is 4.79 Å². The van der Waals surface area contributed by atoms with Crippen LogP contribution in [-0.2, 0) is 6.42 Å². The van der Waals surface area contributed by atoms with Crippen LogP contribution in [0.25, 0.3) is 0 Å². The summed E-state index contributed by atoms with van der Waals surface area (Å²) in [5.74, 6) is 0.317. The highest BCUT2D eigenvalue weighted by molar-refractivity contribution is 5.93. The van der Waals surface area contributed by atoms with Gasteiger partial charge in [-0.15, -0.1) is 6.58 Å². The number of rotatable bonds is 7. The number of carbonyl (C=O) groups excluding carboxylic acids is 1. The molecule has 0 aliphatic carbocycles. The quantitative estimate of drug-likeness (QED) is 0.763. The molecule has 0 fully saturated rings. The van der Waals surface area contributed by atoms with Crippen molar-refractivity contribution in [2.45, 2.75) is 6.42 Å². The van der Waals surface area contributed by atoms with Crippen molar-refractivity contribution in [2.24, 2.45) is 0 Å². The number of anilines is 1. The summed E-state index contributed by atoms with van der Waals surface area (Å²) in [6.07, 6.45) is 5.54. The summed E-state index contributed by atoms with van der Waals surface area (Å²) in [5, 5.41) is 5.81. The molecule has 0 bridgehead atoms. The predicted molar refractivity (Wildman–Crippen MR) is 83.2 cm³/mol. The molecule has 0 aliphatic heterocycles. The summed E-state index contributed by atoms with van der Waals surface area (Å²) in [6, 6.07) is 10.2. The van der Waals surface area contributed by atoms with E-state index < -0.39 is 0 Å². The molecule has 0 spiro atoms. The first kappa shape index (κ1) is 14.7. The molecule has 2 rings (SSSR count). The van der Waals surface area contributed by atoms with Crippen molar-refractivity contribution in [1.29, 1.82) is 0 Å². The minimum absolute atomic E-state index is 0.203. The zero-order valence-corrected chi connectivity index (χ0v) is 11.7. The van der Waals surface area contributed by atoms with Gasteiger partial charge in [0.15, 0.2) is 0 Å². The minimum atomic E-state index is -0.203. The van der Waals surface area contributed by atoms with Crippen LogP contribution in [-0.4, -0.2) is 29.0 Å². The highest BCUT2D eigenvalue weighted by Gasteiger charge is 2.05. The van der Waals surface area contributed by atoms with Crippen LogP contribution in [0.15, 0.2) is 55.4 Å². The van der Waals surface area contributed by atoms with E-state index >= 15 is 0 Å². The van der Waals surface area contributed by atoms with Gasteiger partial charge in [0.25, 0.3) is 5.91 Å². The fourth-order valence-electron chi connectivity index (χ4n) is 1.77. The Hall–Kier alpha value is -2.69. The summed E-state index contributed by atoms with van der Waals surface area (Å²) in [7, 11) is 0. The second kappa shape index (κ2) is 7.79. The zero-order chi connectivity index (χ0) is 14.9. The first-order valence-corrected chi connectivity index (χ1v) is 6.78. The van der Waals surface area contributed by atoms with E-state index in [1.165, 1.54) is 18.0 Å². The summed E-state index contributed by atoms with van der Waals surface area (Å²) >= 11 is 0. The zero-order valence-electron chi connectivity index (χ0n) is 11.7. The smallest absolute Gasteiger partial charge is 0.254 e. The largest absolute Gasteiger partial charge is 0.354 e. The van der Waals surface area contributed by atoms with E-state index in [-0.39, 0.29) is 5.91 Å². The van der Waals surface area contributed by atoms with Crippen molar-refractivity contribution in [2.75, 3.05) is 18.4 Å². The van der Waals surface area contributed by atoms with E-state index in [9.17, 15) is 4.79 Å². The molecule has 1 aromatic carbocycles. The highest BCUT2D eigenvalue weighted by Crippen LogP contribution is 2.02. The van der Waals surface area contributed by atoms with Gasteiger partial charge in [-0.05, 0) is 12.0 Å². The van der Waals surface area contributed by atoms with Gasteiger partial charge >= 0.3 is 0 Å². The lowest BCUT2D eigenvalue weighted by atomic mass is 10.1. The molecular weight excluding hydrogens is 264 g/mol. The average Bonchev–Trinajstić information content (AvgIpc) is 2.54. The van der Waals surface area contributed by atoms with Crippen LogP contribution in [0.4, 0.5) is 5.95 Å². The van der Waals surface area contributed by atoms with E-state index in [2.05, 4.69) is 39.3 Å². The Labute approximate surface area is 124 Å².